The van der Waals surface area contributed by atoms with E-state index in [1.54, 1.807) is 24.3 Å². The zero-order valence-electron chi connectivity index (χ0n) is 17.3. The molecule has 0 aliphatic heterocycles. The number of carbonyl (C=O) groups excluding carboxylic acids is 2. The summed E-state index contributed by atoms with van der Waals surface area (Å²) in [6.45, 7) is 3.74. The molecule has 158 valence electrons. The molecule has 2 aromatic rings. The van der Waals surface area contributed by atoms with Crippen LogP contribution in [-0.2, 0) is 16.1 Å². The van der Waals surface area contributed by atoms with Crippen LogP contribution >= 0.6 is 0 Å². The van der Waals surface area contributed by atoms with Crippen molar-refractivity contribution in [1.29, 1.82) is 5.26 Å². The van der Waals surface area contributed by atoms with Crippen LogP contribution in [0.3, 0.4) is 0 Å². The average molecular weight is 410 g/mol. The number of aryl methyl sites for hydroxylation is 1. The van der Waals surface area contributed by atoms with E-state index in [1.165, 1.54) is 11.6 Å². The van der Waals surface area contributed by atoms with Crippen LogP contribution < -0.4 is 10.9 Å². The maximum Gasteiger partial charge on any atom is 0.360 e. The van der Waals surface area contributed by atoms with E-state index in [9.17, 15) is 19.6 Å². The van der Waals surface area contributed by atoms with Crippen LogP contribution in [0.5, 0.6) is 0 Å². The second-order valence-corrected chi connectivity index (χ2v) is 7.71. The van der Waals surface area contributed by atoms with Gasteiger partial charge in [0.05, 0.1) is 11.5 Å². The molecule has 1 heterocycles. The van der Waals surface area contributed by atoms with Crippen LogP contribution in [0.2, 0.25) is 0 Å². The van der Waals surface area contributed by atoms with Crippen molar-refractivity contribution >= 4 is 22.6 Å². The first kappa shape index (κ1) is 21.5. The summed E-state index contributed by atoms with van der Waals surface area (Å²) < 4.78 is 6.62. The van der Waals surface area contributed by atoms with Gasteiger partial charge in [0.2, 0.25) is 0 Å². The number of benzene rings is 1. The Morgan fingerprint density at radius 1 is 1.27 bits per heavy atom. The number of rotatable bonds is 6. The summed E-state index contributed by atoms with van der Waals surface area (Å²) in [5, 5.41) is 17.3. The Labute approximate surface area is 174 Å². The van der Waals surface area contributed by atoms with Crippen molar-refractivity contribution in [3.05, 3.63) is 40.3 Å². The summed E-state index contributed by atoms with van der Waals surface area (Å²) in [7, 11) is 0. The van der Waals surface area contributed by atoms with Gasteiger partial charge in [-0.2, -0.15) is 10.4 Å². The van der Waals surface area contributed by atoms with Gasteiger partial charge in [0, 0.05) is 11.9 Å². The number of ether oxygens (including phenoxy) is 1. The van der Waals surface area contributed by atoms with Crippen LogP contribution in [0.25, 0.3) is 10.8 Å². The predicted molar refractivity (Wildman–Crippen MR) is 111 cm³/mol. The number of aromatic nitrogens is 2. The Hall–Kier alpha value is -3.21. The van der Waals surface area contributed by atoms with E-state index < -0.39 is 23.5 Å². The number of hydrogen-bond acceptors (Lipinski definition) is 6. The van der Waals surface area contributed by atoms with Crippen LogP contribution in [0.4, 0.5) is 0 Å². The van der Waals surface area contributed by atoms with Crippen molar-refractivity contribution < 1.29 is 14.3 Å². The molecule has 0 saturated heterocycles. The summed E-state index contributed by atoms with van der Waals surface area (Å²) in [4.78, 5) is 38.0. The standard InChI is InChI=1S/C22H26N4O4/c1-3-13-26-20(28)17-10-6-5-9-16(17)18(25-26)21(29)30-15(2)19(27)24-22(14-23)11-7-4-8-12-22/h5-6,9-10,15H,3-4,7-8,11-13H2,1-2H3,(H,24,27). The monoisotopic (exact) mass is 410 g/mol. The maximum atomic E-state index is 12.8. The highest BCUT2D eigenvalue weighted by Gasteiger charge is 2.35. The maximum absolute atomic E-state index is 12.8. The number of hydrogen-bond donors (Lipinski definition) is 1. The van der Waals surface area contributed by atoms with Crippen molar-refractivity contribution in [2.24, 2.45) is 0 Å². The van der Waals surface area contributed by atoms with Gasteiger partial charge in [-0.3, -0.25) is 9.59 Å². The van der Waals surface area contributed by atoms with Crippen LogP contribution in [-0.4, -0.2) is 33.3 Å². The van der Waals surface area contributed by atoms with E-state index in [0.717, 1.165) is 19.3 Å². The van der Waals surface area contributed by atoms with Crippen molar-refractivity contribution in [3.8, 4) is 6.07 Å². The molecule has 1 aliphatic rings. The smallest absolute Gasteiger partial charge is 0.360 e. The van der Waals surface area contributed by atoms with Crippen LogP contribution in [0, 0.1) is 11.3 Å². The Bertz CT molecular complexity index is 1050. The van der Waals surface area contributed by atoms with Gasteiger partial charge in [0.25, 0.3) is 11.5 Å². The first-order chi connectivity index (χ1) is 14.4. The number of esters is 1. The molecule has 8 heteroatoms. The second-order valence-electron chi connectivity index (χ2n) is 7.71. The Morgan fingerprint density at radius 3 is 2.57 bits per heavy atom. The van der Waals surface area contributed by atoms with Crippen LogP contribution in [0.1, 0.15) is 62.9 Å². The molecule has 8 nitrogen and oxygen atoms in total. The van der Waals surface area contributed by atoms with E-state index in [4.69, 9.17) is 4.74 Å². The molecule has 1 N–H and O–H groups in total. The van der Waals surface area contributed by atoms with E-state index >= 15 is 0 Å². The van der Waals surface area contributed by atoms with E-state index in [0.29, 0.717) is 36.6 Å². The number of fused-ring (bicyclic) bond motifs is 1. The lowest BCUT2D eigenvalue weighted by Gasteiger charge is -2.32. The third-order valence-electron chi connectivity index (χ3n) is 5.43. The topological polar surface area (TPSA) is 114 Å². The highest BCUT2D eigenvalue weighted by molar-refractivity contribution is 6.02. The van der Waals surface area contributed by atoms with E-state index in [1.807, 2.05) is 6.92 Å². The molecule has 0 spiro atoms. The zero-order chi connectivity index (χ0) is 21.7. The molecule has 1 amide bonds. The molecule has 1 fully saturated rings. The molecule has 0 bridgehead atoms. The molecule has 1 aliphatic carbocycles. The fraction of sp³-hybridized carbons (Fsp3) is 0.500. The van der Waals surface area contributed by atoms with Gasteiger partial charge >= 0.3 is 5.97 Å². The van der Waals surface area contributed by atoms with Crippen LogP contribution in [0.15, 0.2) is 29.1 Å². The fourth-order valence-corrected chi connectivity index (χ4v) is 3.78. The molecule has 1 aromatic carbocycles. The minimum atomic E-state index is -1.10. The normalized spacial score (nSPS) is 16.4. The van der Waals surface area contributed by atoms with Gasteiger partial charge in [0.15, 0.2) is 11.8 Å². The fourth-order valence-electron chi connectivity index (χ4n) is 3.78. The Kier molecular flexibility index (Phi) is 6.50. The third kappa shape index (κ3) is 4.35. The molecule has 1 atom stereocenters. The van der Waals surface area contributed by atoms with Gasteiger partial charge in [-0.05, 0) is 32.3 Å². The third-order valence-corrected chi connectivity index (χ3v) is 5.43. The highest BCUT2D eigenvalue weighted by atomic mass is 16.5. The highest BCUT2D eigenvalue weighted by Crippen LogP contribution is 2.27. The first-order valence-corrected chi connectivity index (χ1v) is 10.3. The number of carbonyl (C=O) groups is 2. The Balaban J connectivity index is 1.82. The lowest BCUT2D eigenvalue weighted by molar-refractivity contribution is -0.130. The van der Waals surface area contributed by atoms with Gasteiger partial charge in [-0.25, -0.2) is 9.48 Å². The molecule has 1 aromatic heterocycles. The number of nitriles is 1. The molecule has 1 unspecified atom stereocenters. The molecule has 1 saturated carbocycles. The summed E-state index contributed by atoms with van der Waals surface area (Å²) in [5.74, 6) is -1.30. The summed E-state index contributed by atoms with van der Waals surface area (Å²) in [5.41, 5.74) is -1.19. The van der Waals surface area contributed by atoms with Gasteiger partial charge in [-0.1, -0.05) is 44.4 Å². The van der Waals surface area contributed by atoms with E-state index in [2.05, 4.69) is 16.5 Å². The predicted octanol–water partition coefficient (Wildman–Crippen LogP) is 2.69. The van der Waals surface area contributed by atoms with Gasteiger partial charge in [-0.15, -0.1) is 0 Å². The zero-order valence-corrected chi connectivity index (χ0v) is 17.3. The van der Waals surface area contributed by atoms with Crippen molar-refractivity contribution in [2.45, 2.75) is 70.6 Å². The van der Waals surface area contributed by atoms with Gasteiger partial charge in [0.1, 0.15) is 5.54 Å². The second kappa shape index (κ2) is 9.08. The molecule has 3 rings (SSSR count). The molecule has 0 radical (unpaired) electrons. The van der Waals surface area contributed by atoms with Crippen molar-refractivity contribution in [1.82, 2.24) is 15.1 Å². The number of amides is 1. The van der Waals surface area contributed by atoms with Crippen molar-refractivity contribution in [3.63, 3.8) is 0 Å². The number of nitrogens with one attached hydrogen (secondary N) is 1. The van der Waals surface area contributed by atoms with E-state index in [-0.39, 0.29) is 11.3 Å². The Morgan fingerprint density at radius 2 is 1.93 bits per heavy atom. The SMILES string of the molecule is CCCn1nc(C(=O)OC(C)C(=O)NC2(C#N)CCCCC2)c2ccccc2c1=O. The summed E-state index contributed by atoms with van der Waals surface area (Å²) >= 11 is 0. The minimum Gasteiger partial charge on any atom is -0.448 e. The molecule has 30 heavy (non-hydrogen) atoms. The first-order valence-electron chi connectivity index (χ1n) is 10.3. The molecular weight excluding hydrogens is 384 g/mol. The quantitative estimate of drug-likeness (QED) is 0.733. The average Bonchev–Trinajstić information content (AvgIpc) is 2.76. The lowest BCUT2D eigenvalue weighted by atomic mass is 9.83. The summed E-state index contributed by atoms with van der Waals surface area (Å²) in [6.07, 6.45) is 3.53. The largest absolute Gasteiger partial charge is 0.448 e. The minimum absolute atomic E-state index is 0.00837. The van der Waals surface area contributed by atoms with Gasteiger partial charge < -0.3 is 10.1 Å². The summed E-state index contributed by atoms with van der Waals surface area (Å²) in [6, 6.07) is 8.91. The molecular formula is C22H26N4O4. The number of nitrogens with zero attached hydrogens (tertiary/aromatic N) is 3. The van der Waals surface area contributed by atoms with Crippen molar-refractivity contribution in [2.75, 3.05) is 0 Å². The lowest BCUT2D eigenvalue weighted by Crippen LogP contribution is -2.52.